The lowest BCUT2D eigenvalue weighted by Crippen LogP contribution is -1.93. The molecule has 0 amide bonds. The van der Waals surface area contributed by atoms with Crippen molar-refractivity contribution in [2.24, 2.45) is 0 Å². The Balaban J connectivity index is 2.21. The van der Waals surface area contributed by atoms with Crippen molar-refractivity contribution in [3.63, 3.8) is 0 Å². The second-order valence-corrected chi connectivity index (χ2v) is 3.29. The zero-order valence-electron chi connectivity index (χ0n) is 9.81. The molecule has 1 rings (SSSR count). The topological polar surface area (TPSA) is 27.7 Å². The molecule has 1 aromatic carbocycles. The molecule has 88 valence electrons. The summed E-state index contributed by atoms with van der Waals surface area (Å²) < 4.78 is 15.4. The fourth-order valence-corrected chi connectivity index (χ4v) is 1.20. The molecular formula is C13H18O3. The van der Waals surface area contributed by atoms with E-state index in [1.165, 1.54) is 0 Å². The summed E-state index contributed by atoms with van der Waals surface area (Å²) in [6.45, 7) is 1.85. The zero-order chi connectivity index (χ0) is 11.6. The minimum atomic E-state index is 0.607. The van der Waals surface area contributed by atoms with E-state index in [1.807, 2.05) is 36.4 Å². The summed E-state index contributed by atoms with van der Waals surface area (Å²) in [7, 11) is 3.33. The number of hydrogen-bond acceptors (Lipinski definition) is 3. The van der Waals surface area contributed by atoms with Gasteiger partial charge in [-0.05, 0) is 17.7 Å². The first-order chi connectivity index (χ1) is 7.86. The molecule has 1 aromatic rings. The van der Waals surface area contributed by atoms with E-state index >= 15 is 0 Å². The lowest BCUT2D eigenvalue weighted by molar-refractivity contribution is 0.148. The van der Waals surface area contributed by atoms with Crippen LogP contribution < -0.4 is 4.74 Å². The van der Waals surface area contributed by atoms with Gasteiger partial charge in [-0.15, -0.1) is 0 Å². The second kappa shape index (κ2) is 7.91. The molecule has 0 spiro atoms. The van der Waals surface area contributed by atoms with E-state index in [0.717, 1.165) is 11.3 Å². The monoisotopic (exact) mass is 222 g/mol. The molecule has 0 aromatic heterocycles. The van der Waals surface area contributed by atoms with Crippen molar-refractivity contribution < 1.29 is 14.2 Å². The van der Waals surface area contributed by atoms with E-state index in [1.54, 1.807) is 14.2 Å². The van der Waals surface area contributed by atoms with Gasteiger partial charge in [-0.3, -0.25) is 0 Å². The molecule has 0 aliphatic heterocycles. The van der Waals surface area contributed by atoms with E-state index in [2.05, 4.69) is 0 Å². The van der Waals surface area contributed by atoms with E-state index in [4.69, 9.17) is 14.2 Å². The predicted molar refractivity (Wildman–Crippen MR) is 63.7 cm³/mol. The van der Waals surface area contributed by atoms with E-state index in [0.29, 0.717) is 19.8 Å². The van der Waals surface area contributed by atoms with Gasteiger partial charge in [-0.2, -0.15) is 0 Å². The smallest absolute Gasteiger partial charge is 0.118 e. The first kappa shape index (κ1) is 12.7. The highest BCUT2D eigenvalue weighted by Crippen LogP contribution is 2.11. The lowest BCUT2D eigenvalue weighted by atomic mass is 10.2. The third-order valence-electron chi connectivity index (χ3n) is 2.07. The van der Waals surface area contributed by atoms with Crippen LogP contribution in [-0.2, 0) is 16.1 Å². The summed E-state index contributed by atoms with van der Waals surface area (Å²) in [6.07, 6.45) is 3.89. The average Bonchev–Trinajstić information content (AvgIpc) is 2.34. The van der Waals surface area contributed by atoms with Crippen molar-refractivity contribution >= 4 is 0 Å². The van der Waals surface area contributed by atoms with Crippen molar-refractivity contribution in [2.75, 3.05) is 27.4 Å². The van der Waals surface area contributed by atoms with Gasteiger partial charge in [0, 0.05) is 7.11 Å². The Morgan fingerprint density at radius 3 is 2.31 bits per heavy atom. The minimum absolute atomic E-state index is 0.607. The molecule has 16 heavy (non-hydrogen) atoms. The van der Waals surface area contributed by atoms with Gasteiger partial charge < -0.3 is 14.2 Å². The van der Waals surface area contributed by atoms with E-state index in [-0.39, 0.29) is 0 Å². The number of methoxy groups -OCH3 is 2. The van der Waals surface area contributed by atoms with Crippen LogP contribution in [0.2, 0.25) is 0 Å². The van der Waals surface area contributed by atoms with Gasteiger partial charge in [-0.25, -0.2) is 0 Å². The maximum absolute atomic E-state index is 5.46. The van der Waals surface area contributed by atoms with Gasteiger partial charge in [0.1, 0.15) is 5.75 Å². The molecule has 0 aliphatic rings. The molecule has 3 nitrogen and oxygen atoms in total. The quantitative estimate of drug-likeness (QED) is 0.524. The maximum Gasteiger partial charge on any atom is 0.118 e. The molecular weight excluding hydrogens is 204 g/mol. The molecule has 0 N–H and O–H groups in total. The Morgan fingerprint density at radius 2 is 1.69 bits per heavy atom. The summed E-state index contributed by atoms with van der Waals surface area (Å²) in [5.41, 5.74) is 1.14. The number of rotatable bonds is 7. The van der Waals surface area contributed by atoms with Crippen LogP contribution in [0.25, 0.3) is 0 Å². The summed E-state index contributed by atoms with van der Waals surface area (Å²) in [4.78, 5) is 0. The third-order valence-corrected chi connectivity index (χ3v) is 2.07. The van der Waals surface area contributed by atoms with E-state index in [9.17, 15) is 0 Å². The van der Waals surface area contributed by atoms with Crippen LogP contribution in [-0.4, -0.2) is 27.4 Å². The van der Waals surface area contributed by atoms with Crippen LogP contribution in [0.4, 0.5) is 0 Å². The Bertz CT molecular complexity index is 303. The highest BCUT2D eigenvalue weighted by atomic mass is 16.5. The Kier molecular flexibility index (Phi) is 6.30. The van der Waals surface area contributed by atoms with Crippen molar-refractivity contribution in [2.45, 2.75) is 6.61 Å². The molecule has 0 heterocycles. The van der Waals surface area contributed by atoms with Crippen molar-refractivity contribution in [1.29, 1.82) is 0 Å². The van der Waals surface area contributed by atoms with Crippen LogP contribution >= 0.6 is 0 Å². The van der Waals surface area contributed by atoms with Crippen LogP contribution in [0.15, 0.2) is 36.4 Å². The molecule has 0 saturated heterocycles. The van der Waals surface area contributed by atoms with Crippen molar-refractivity contribution in [3.8, 4) is 5.75 Å². The molecule has 0 saturated carbocycles. The Labute approximate surface area is 96.6 Å². The summed E-state index contributed by atoms with van der Waals surface area (Å²) in [5.74, 6) is 0.865. The zero-order valence-corrected chi connectivity index (χ0v) is 9.81. The van der Waals surface area contributed by atoms with Gasteiger partial charge in [0.2, 0.25) is 0 Å². The number of hydrogen-bond donors (Lipinski definition) is 0. The van der Waals surface area contributed by atoms with Gasteiger partial charge in [-0.1, -0.05) is 24.3 Å². The fraction of sp³-hybridized carbons (Fsp3) is 0.385. The minimum Gasteiger partial charge on any atom is -0.497 e. The Morgan fingerprint density at radius 1 is 1.00 bits per heavy atom. The molecule has 0 radical (unpaired) electrons. The van der Waals surface area contributed by atoms with Crippen LogP contribution in [0.5, 0.6) is 5.75 Å². The normalized spacial score (nSPS) is 10.9. The Hall–Kier alpha value is -1.32. The molecule has 0 unspecified atom stereocenters. The van der Waals surface area contributed by atoms with Crippen LogP contribution in [0, 0.1) is 0 Å². The standard InChI is InChI=1S/C13H18O3/c1-14-9-3-4-10-16-11-12-5-7-13(15-2)8-6-12/h3-8H,9-11H2,1-2H3/b4-3+. The van der Waals surface area contributed by atoms with Crippen LogP contribution in [0.3, 0.4) is 0 Å². The summed E-state index contributed by atoms with van der Waals surface area (Å²) in [6, 6.07) is 7.86. The van der Waals surface area contributed by atoms with E-state index < -0.39 is 0 Å². The van der Waals surface area contributed by atoms with Gasteiger partial charge >= 0.3 is 0 Å². The van der Waals surface area contributed by atoms with Crippen molar-refractivity contribution in [3.05, 3.63) is 42.0 Å². The second-order valence-electron chi connectivity index (χ2n) is 3.29. The van der Waals surface area contributed by atoms with Gasteiger partial charge in [0.25, 0.3) is 0 Å². The first-order valence-electron chi connectivity index (χ1n) is 5.21. The maximum atomic E-state index is 5.46. The molecule has 3 heteroatoms. The average molecular weight is 222 g/mol. The summed E-state index contributed by atoms with van der Waals surface area (Å²) in [5, 5.41) is 0. The lowest BCUT2D eigenvalue weighted by Gasteiger charge is -2.03. The number of benzene rings is 1. The fourth-order valence-electron chi connectivity index (χ4n) is 1.20. The molecule has 0 fully saturated rings. The van der Waals surface area contributed by atoms with Gasteiger partial charge in [0.05, 0.1) is 26.9 Å². The first-order valence-corrected chi connectivity index (χ1v) is 5.21. The SMILES string of the molecule is COC/C=C/COCc1ccc(OC)cc1. The highest BCUT2D eigenvalue weighted by Gasteiger charge is 1.93. The molecule has 0 bridgehead atoms. The molecule has 0 aliphatic carbocycles. The highest BCUT2D eigenvalue weighted by molar-refractivity contribution is 5.26. The predicted octanol–water partition coefficient (Wildman–Crippen LogP) is 2.41. The third kappa shape index (κ3) is 4.96. The van der Waals surface area contributed by atoms with Crippen molar-refractivity contribution in [1.82, 2.24) is 0 Å². The van der Waals surface area contributed by atoms with Gasteiger partial charge in [0.15, 0.2) is 0 Å². The van der Waals surface area contributed by atoms with Crippen LogP contribution in [0.1, 0.15) is 5.56 Å². The summed E-state index contributed by atoms with van der Waals surface area (Å²) >= 11 is 0. The largest absolute Gasteiger partial charge is 0.497 e. The number of ether oxygens (including phenoxy) is 3. The molecule has 0 atom stereocenters.